The van der Waals surface area contributed by atoms with Gasteiger partial charge in [-0.05, 0) is 43.7 Å². The molecule has 0 saturated carbocycles. The maximum atomic E-state index is 6.10. The first-order chi connectivity index (χ1) is 11.7. The lowest BCUT2D eigenvalue weighted by Gasteiger charge is -2.12. The lowest BCUT2D eigenvalue weighted by Crippen LogP contribution is -2.12. The number of aryl methyl sites for hydroxylation is 1. The number of ether oxygens (including phenoxy) is 4. The predicted octanol–water partition coefficient (Wildman–Crippen LogP) is 4.52. The van der Waals surface area contributed by atoms with Crippen molar-refractivity contribution in [3.63, 3.8) is 0 Å². The van der Waals surface area contributed by atoms with Crippen molar-refractivity contribution in [3.05, 3.63) is 53.1 Å². The molecule has 0 unspecified atom stereocenters. The Morgan fingerprint density at radius 2 is 1.42 bits per heavy atom. The molecule has 4 nitrogen and oxygen atoms in total. The van der Waals surface area contributed by atoms with Gasteiger partial charge in [0.05, 0.1) is 24.8 Å². The van der Waals surface area contributed by atoms with Crippen LogP contribution in [0.2, 0.25) is 5.02 Å². The fourth-order valence-electron chi connectivity index (χ4n) is 2.09. The molecule has 0 atom stereocenters. The van der Waals surface area contributed by atoms with E-state index in [-0.39, 0.29) is 0 Å². The van der Waals surface area contributed by atoms with E-state index in [9.17, 15) is 0 Å². The second kappa shape index (κ2) is 10.1. The average molecular weight is 351 g/mol. The normalized spacial score (nSPS) is 10.5. The standard InChI is InChI=1S/C19H23ClO4/c1-3-22-18-6-4-5-7-19(18)24-13-11-21-10-12-23-17-9-8-15(2)14-16(17)20/h4-9,14H,3,10-13H2,1-2H3. The van der Waals surface area contributed by atoms with Gasteiger partial charge in [-0.15, -0.1) is 0 Å². The highest BCUT2D eigenvalue weighted by molar-refractivity contribution is 6.32. The number of para-hydroxylation sites is 2. The molecular weight excluding hydrogens is 328 g/mol. The Balaban J connectivity index is 1.62. The summed E-state index contributed by atoms with van der Waals surface area (Å²) < 4.78 is 22.3. The van der Waals surface area contributed by atoms with E-state index in [1.54, 1.807) is 0 Å². The first-order valence-electron chi connectivity index (χ1n) is 8.02. The number of hydrogen-bond donors (Lipinski definition) is 0. The van der Waals surface area contributed by atoms with Crippen LogP contribution in [0.4, 0.5) is 0 Å². The lowest BCUT2D eigenvalue weighted by atomic mass is 10.2. The van der Waals surface area contributed by atoms with Gasteiger partial charge in [0, 0.05) is 0 Å². The molecule has 24 heavy (non-hydrogen) atoms. The molecule has 0 saturated heterocycles. The highest BCUT2D eigenvalue weighted by Crippen LogP contribution is 2.26. The van der Waals surface area contributed by atoms with E-state index < -0.39 is 0 Å². The van der Waals surface area contributed by atoms with Gasteiger partial charge in [0.2, 0.25) is 0 Å². The van der Waals surface area contributed by atoms with Gasteiger partial charge in [0.15, 0.2) is 11.5 Å². The molecule has 0 radical (unpaired) electrons. The summed E-state index contributed by atoms with van der Waals surface area (Å²) >= 11 is 6.10. The summed E-state index contributed by atoms with van der Waals surface area (Å²) in [6.45, 7) is 6.39. The molecule has 130 valence electrons. The SMILES string of the molecule is CCOc1ccccc1OCCOCCOc1ccc(C)cc1Cl. The molecule has 0 amide bonds. The van der Waals surface area contributed by atoms with Crippen LogP contribution in [0.1, 0.15) is 12.5 Å². The summed E-state index contributed by atoms with van der Waals surface area (Å²) in [6.07, 6.45) is 0. The fourth-order valence-corrected chi connectivity index (χ4v) is 2.38. The van der Waals surface area contributed by atoms with E-state index in [0.29, 0.717) is 43.8 Å². The largest absolute Gasteiger partial charge is 0.490 e. The minimum Gasteiger partial charge on any atom is -0.490 e. The molecule has 0 fully saturated rings. The Kier molecular flexibility index (Phi) is 7.72. The van der Waals surface area contributed by atoms with E-state index in [0.717, 1.165) is 17.1 Å². The molecule has 0 bridgehead atoms. The van der Waals surface area contributed by atoms with Crippen molar-refractivity contribution in [3.8, 4) is 17.2 Å². The highest BCUT2D eigenvalue weighted by Gasteiger charge is 2.03. The molecule has 0 aliphatic carbocycles. The van der Waals surface area contributed by atoms with Crippen molar-refractivity contribution < 1.29 is 18.9 Å². The van der Waals surface area contributed by atoms with Crippen LogP contribution in [0, 0.1) is 6.92 Å². The first kappa shape index (κ1) is 18.4. The summed E-state index contributed by atoms with van der Waals surface area (Å²) in [4.78, 5) is 0. The van der Waals surface area contributed by atoms with Gasteiger partial charge < -0.3 is 18.9 Å². The monoisotopic (exact) mass is 350 g/mol. The number of halogens is 1. The van der Waals surface area contributed by atoms with Crippen LogP contribution < -0.4 is 14.2 Å². The molecule has 0 aromatic heterocycles. The van der Waals surface area contributed by atoms with Crippen LogP contribution in [0.3, 0.4) is 0 Å². The maximum absolute atomic E-state index is 6.10. The predicted molar refractivity (Wildman–Crippen MR) is 95.6 cm³/mol. The third kappa shape index (κ3) is 5.95. The van der Waals surface area contributed by atoms with Crippen LogP contribution in [-0.2, 0) is 4.74 Å². The van der Waals surface area contributed by atoms with E-state index in [1.165, 1.54) is 0 Å². The van der Waals surface area contributed by atoms with E-state index in [1.807, 2.05) is 56.3 Å². The van der Waals surface area contributed by atoms with Crippen molar-refractivity contribution in [2.24, 2.45) is 0 Å². The van der Waals surface area contributed by atoms with Crippen molar-refractivity contribution in [2.75, 3.05) is 33.0 Å². The number of benzene rings is 2. The van der Waals surface area contributed by atoms with Gasteiger partial charge in [-0.25, -0.2) is 0 Å². The molecule has 0 aliphatic rings. The van der Waals surface area contributed by atoms with E-state index >= 15 is 0 Å². The van der Waals surface area contributed by atoms with Crippen molar-refractivity contribution in [1.29, 1.82) is 0 Å². The molecule has 2 aromatic rings. The highest BCUT2D eigenvalue weighted by atomic mass is 35.5. The number of hydrogen-bond acceptors (Lipinski definition) is 4. The Hall–Kier alpha value is -1.91. The van der Waals surface area contributed by atoms with E-state index in [4.69, 9.17) is 30.5 Å². The average Bonchev–Trinajstić information content (AvgIpc) is 2.57. The Labute approximate surface area is 148 Å². The van der Waals surface area contributed by atoms with Gasteiger partial charge in [0.1, 0.15) is 19.0 Å². The molecule has 0 N–H and O–H groups in total. The van der Waals surface area contributed by atoms with Crippen molar-refractivity contribution in [1.82, 2.24) is 0 Å². The molecule has 0 aliphatic heterocycles. The summed E-state index contributed by atoms with van der Waals surface area (Å²) in [7, 11) is 0. The minimum absolute atomic E-state index is 0.443. The topological polar surface area (TPSA) is 36.9 Å². The summed E-state index contributed by atoms with van der Waals surface area (Å²) in [5.41, 5.74) is 1.10. The molecule has 0 spiro atoms. The van der Waals surface area contributed by atoms with Crippen LogP contribution in [-0.4, -0.2) is 33.0 Å². The molecule has 5 heteroatoms. The van der Waals surface area contributed by atoms with Crippen molar-refractivity contribution in [2.45, 2.75) is 13.8 Å². The summed E-state index contributed by atoms with van der Waals surface area (Å²) in [5, 5.41) is 0.617. The van der Waals surface area contributed by atoms with E-state index in [2.05, 4.69) is 0 Å². The van der Waals surface area contributed by atoms with Crippen LogP contribution in [0.5, 0.6) is 17.2 Å². The maximum Gasteiger partial charge on any atom is 0.161 e. The Morgan fingerprint density at radius 3 is 2.04 bits per heavy atom. The second-order valence-electron chi connectivity index (χ2n) is 5.12. The number of rotatable bonds is 10. The van der Waals surface area contributed by atoms with Crippen LogP contribution in [0.25, 0.3) is 0 Å². The molecule has 2 rings (SSSR count). The van der Waals surface area contributed by atoms with Crippen molar-refractivity contribution >= 4 is 11.6 Å². The zero-order valence-electron chi connectivity index (χ0n) is 14.1. The third-order valence-electron chi connectivity index (χ3n) is 3.21. The van der Waals surface area contributed by atoms with Gasteiger partial charge >= 0.3 is 0 Å². The van der Waals surface area contributed by atoms with Gasteiger partial charge in [0.25, 0.3) is 0 Å². The third-order valence-corrected chi connectivity index (χ3v) is 3.50. The van der Waals surface area contributed by atoms with Gasteiger partial charge in [-0.3, -0.25) is 0 Å². The fraction of sp³-hybridized carbons (Fsp3) is 0.368. The molecular formula is C19H23ClO4. The molecule has 2 aromatic carbocycles. The van der Waals surface area contributed by atoms with Crippen LogP contribution >= 0.6 is 11.6 Å². The van der Waals surface area contributed by atoms with Gasteiger partial charge in [-0.1, -0.05) is 29.8 Å². The first-order valence-corrected chi connectivity index (χ1v) is 8.40. The smallest absolute Gasteiger partial charge is 0.161 e. The zero-order valence-corrected chi connectivity index (χ0v) is 14.8. The minimum atomic E-state index is 0.443. The summed E-state index contributed by atoms with van der Waals surface area (Å²) in [5.74, 6) is 2.15. The zero-order chi connectivity index (χ0) is 17.2. The quantitative estimate of drug-likeness (QED) is 0.590. The molecule has 0 heterocycles. The Morgan fingerprint density at radius 1 is 0.792 bits per heavy atom. The second-order valence-corrected chi connectivity index (χ2v) is 5.53. The van der Waals surface area contributed by atoms with Crippen LogP contribution in [0.15, 0.2) is 42.5 Å². The Bertz CT molecular complexity index is 631. The van der Waals surface area contributed by atoms with Gasteiger partial charge in [-0.2, -0.15) is 0 Å². The lowest BCUT2D eigenvalue weighted by molar-refractivity contribution is 0.0756. The summed E-state index contributed by atoms with van der Waals surface area (Å²) in [6, 6.07) is 13.3.